The van der Waals surface area contributed by atoms with Crippen molar-refractivity contribution in [3.05, 3.63) is 51.8 Å². The lowest BCUT2D eigenvalue weighted by molar-refractivity contribution is 0.0942. The molecule has 0 unspecified atom stereocenters. The van der Waals surface area contributed by atoms with Gasteiger partial charge in [0, 0.05) is 36.8 Å². The molecule has 3 rings (SSSR count). The van der Waals surface area contributed by atoms with E-state index in [-0.39, 0.29) is 10.8 Å². The van der Waals surface area contributed by atoms with Crippen molar-refractivity contribution in [3.63, 3.8) is 0 Å². The summed E-state index contributed by atoms with van der Waals surface area (Å²) in [7, 11) is -1.87. The summed E-state index contributed by atoms with van der Waals surface area (Å²) in [4.78, 5) is 12.9. The lowest BCUT2D eigenvalue weighted by Gasteiger charge is -2.29. The van der Waals surface area contributed by atoms with Crippen LogP contribution < -0.4 is 5.32 Å². The lowest BCUT2D eigenvalue weighted by Crippen LogP contribution is -2.38. The van der Waals surface area contributed by atoms with Gasteiger partial charge >= 0.3 is 0 Å². The zero-order valence-electron chi connectivity index (χ0n) is 16.4. The fraction of sp³-hybridized carbons (Fsp3) is 0.450. The van der Waals surface area contributed by atoms with Crippen LogP contribution in [-0.2, 0) is 23.6 Å². The van der Waals surface area contributed by atoms with Crippen LogP contribution in [0, 0.1) is 12.8 Å². The fourth-order valence-electron chi connectivity index (χ4n) is 3.39. The molecule has 0 atom stereocenters. The Morgan fingerprint density at radius 3 is 2.43 bits per heavy atom. The van der Waals surface area contributed by atoms with Gasteiger partial charge in [0.2, 0.25) is 10.0 Å². The summed E-state index contributed by atoms with van der Waals surface area (Å²) in [5, 5.41) is 2.87. The van der Waals surface area contributed by atoms with Crippen molar-refractivity contribution in [2.45, 2.75) is 38.1 Å². The summed E-state index contributed by atoms with van der Waals surface area (Å²) in [6, 6.07) is 9.18. The van der Waals surface area contributed by atoms with Gasteiger partial charge in [0.05, 0.1) is 0 Å². The van der Waals surface area contributed by atoms with Crippen LogP contribution in [0.1, 0.15) is 41.5 Å². The number of carbonyl (C=O) groups excluding carboxylic acids is 1. The predicted octanol–water partition coefficient (Wildman–Crippen LogP) is 3.45. The average Bonchev–Trinajstić information content (AvgIpc) is 2.97. The van der Waals surface area contributed by atoms with Crippen molar-refractivity contribution in [1.82, 2.24) is 14.2 Å². The minimum Gasteiger partial charge on any atom is -0.347 e. The van der Waals surface area contributed by atoms with Crippen LogP contribution in [0.5, 0.6) is 0 Å². The monoisotopic (exact) mass is 467 g/mol. The molecule has 1 aromatic heterocycles. The highest BCUT2D eigenvalue weighted by Crippen LogP contribution is 2.27. The van der Waals surface area contributed by atoms with Crippen LogP contribution in [0.4, 0.5) is 0 Å². The van der Waals surface area contributed by atoms with Crippen molar-refractivity contribution in [2.75, 3.05) is 13.1 Å². The molecule has 2 heterocycles. The topological polar surface area (TPSA) is 71.4 Å². The van der Waals surface area contributed by atoms with E-state index in [1.807, 2.05) is 24.3 Å². The Hall–Kier alpha value is -1.64. The highest BCUT2D eigenvalue weighted by molar-refractivity contribution is 9.10. The van der Waals surface area contributed by atoms with Gasteiger partial charge < -0.3 is 9.88 Å². The van der Waals surface area contributed by atoms with Gasteiger partial charge in [-0.2, -0.15) is 4.31 Å². The second kappa shape index (κ2) is 8.39. The van der Waals surface area contributed by atoms with Crippen LogP contribution in [0.3, 0.4) is 0 Å². The smallest absolute Gasteiger partial charge is 0.268 e. The standard InChI is InChI=1S/C20H26BrN3O3S/c1-14-8-10-24(11-9-14)28(26,27)19-12-18(23(3)15(19)2)20(25)22-13-16-4-6-17(21)7-5-16/h4-7,12,14H,8-11,13H2,1-3H3,(H,22,25). The zero-order valence-corrected chi connectivity index (χ0v) is 18.8. The number of halogens is 1. The first kappa shape index (κ1) is 21.1. The number of piperidine rings is 1. The fourth-order valence-corrected chi connectivity index (χ4v) is 5.39. The summed E-state index contributed by atoms with van der Waals surface area (Å²) < 4.78 is 30.3. The molecular weight excluding hydrogens is 442 g/mol. The summed E-state index contributed by atoms with van der Waals surface area (Å²) in [5.74, 6) is 0.255. The molecule has 0 aliphatic carbocycles. The Balaban J connectivity index is 1.78. The van der Waals surface area contributed by atoms with Crippen LogP contribution in [0.2, 0.25) is 0 Å². The maximum absolute atomic E-state index is 13.1. The van der Waals surface area contributed by atoms with Crippen LogP contribution in [-0.4, -0.2) is 36.3 Å². The molecule has 0 spiro atoms. The first-order valence-corrected chi connectivity index (χ1v) is 11.6. The summed E-state index contributed by atoms with van der Waals surface area (Å²) >= 11 is 3.39. The van der Waals surface area contributed by atoms with E-state index in [4.69, 9.17) is 0 Å². The van der Waals surface area contributed by atoms with Crippen molar-refractivity contribution in [3.8, 4) is 0 Å². The lowest BCUT2D eigenvalue weighted by atomic mass is 10.0. The first-order valence-electron chi connectivity index (χ1n) is 9.39. The zero-order chi connectivity index (χ0) is 20.5. The number of aromatic nitrogens is 1. The molecule has 0 bridgehead atoms. The molecular formula is C20H26BrN3O3S. The van der Waals surface area contributed by atoms with Gasteiger partial charge in [-0.3, -0.25) is 4.79 Å². The largest absolute Gasteiger partial charge is 0.347 e. The van der Waals surface area contributed by atoms with E-state index in [1.165, 1.54) is 6.07 Å². The second-order valence-electron chi connectivity index (χ2n) is 7.43. The molecule has 1 saturated heterocycles. The Bertz CT molecular complexity index is 959. The third-order valence-corrected chi connectivity index (χ3v) is 7.99. The summed E-state index contributed by atoms with van der Waals surface area (Å²) in [5.41, 5.74) is 1.89. The highest BCUT2D eigenvalue weighted by atomic mass is 79.9. The predicted molar refractivity (Wildman–Crippen MR) is 113 cm³/mol. The van der Waals surface area contributed by atoms with Gasteiger partial charge in [-0.25, -0.2) is 8.42 Å². The summed E-state index contributed by atoms with van der Waals surface area (Å²) in [6.07, 6.45) is 1.73. The number of amides is 1. The second-order valence-corrected chi connectivity index (χ2v) is 10.3. The van der Waals surface area contributed by atoms with Crippen LogP contribution in [0.25, 0.3) is 0 Å². The number of hydrogen-bond acceptors (Lipinski definition) is 3. The van der Waals surface area contributed by atoms with E-state index in [9.17, 15) is 13.2 Å². The number of nitrogens with one attached hydrogen (secondary N) is 1. The van der Waals surface area contributed by atoms with Gasteiger partial charge in [0.1, 0.15) is 10.6 Å². The molecule has 28 heavy (non-hydrogen) atoms. The molecule has 1 aliphatic heterocycles. The SMILES string of the molecule is Cc1c(S(=O)(=O)N2CCC(C)CC2)cc(C(=O)NCc2ccc(Br)cc2)n1C. The molecule has 8 heteroatoms. The molecule has 1 aromatic carbocycles. The van der Waals surface area contributed by atoms with E-state index in [2.05, 4.69) is 28.2 Å². The highest BCUT2D eigenvalue weighted by Gasteiger charge is 2.32. The first-order chi connectivity index (χ1) is 13.2. The van der Waals surface area contributed by atoms with Crippen LogP contribution in [0.15, 0.2) is 39.7 Å². The van der Waals surface area contributed by atoms with E-state index in [0.29, 0.717) is 36.9 Å². The van der Waals surface area contributed by atoms with Crippen molar-refractivity contribution in [2.24, 2.45) is 13.0 Å². The van der Waals surface area contributed by atoms with Crippen molar-refractivity contribution >= 4 is 31.9 Å². The van der Waals surface area contributed by atoms with Gasteiger partial charge in [-0.05, 0) is 49.4 Å². The maximum atomic E-state index is 13.1. The van der Waals surface area contributed by atoms with Gasteiger partial charge in [-0.1, -0.05) is 35.0 Å². The molecule has 152 valence electrons. The van der Waals surface area contributed by atoms with E-state index in [0.717, 1.165) is 22.9 Å². The molecule has 2 aromatic rings. The number of rotatable bonds is 5. The van der Waals surface area contributed by atoms with Gasteiger partial charge in [-0.15, -0.1) is 0 Å². The number of benzene rings is 1. The number of sulfonamides is 1. The minimum atomic E-state index is -3.60. The molecule has 6 nitrogen and oxygen atoms in total. The molecule has 0 radical (unpaired) electrons. The van der Waals surface area contributed by atoms with Crippen molar-refractivity contribution in [1.29, 1.82) is 0 Å². The van der Waals surface area contributed by atoms with E-state index >= 15 is 0 Å². The Morgan fingerprint density at radius 2 is 1.82 bits per heavy atom. The normalized spacial score (nSPS) is 16.3. The quantitative estimate of drug-likeness (QED) is 0.731. The van der Waals surface area contributed by atoms with E-state index < -0.39 is 10.0 Å². The molecule has 1 fully saturated rings. The third-order valence-electron chi connectivity index (χ3n) is 5.45. The molecule has 1 aliphatic rings. The Kier molecular flexibility index (Phi) is 6.31. The van der Waals surface area contributed by atoms with Crippen LogP contribution >= 0.6 is 15.9 Å². The van der Waals surface area contributed by atoms with Crippen molar-refractivity contribution < 1.29 is 13.2 Å². The molecule has 0 saturated carbocycles. The Labute approximate surface area is 175 Å². The number of nitrogens with zero attached hydrogens (tertiary/aromatic N) is 2. The maximum Gasteiger partial charge on any atom is 0.268 e. The summed E-state index contributed by atoms with van der Waals surface area (Å²) in [6.45, 7) is 5.32. The average molecular weight is 468 g/mol. The number of hydrogen-bond donors (Lipinski definition) is 1. The molecule has 1 N–H and O–H groups in total. The number of carbonyl (C=O) groups is 1. The molecule has 1 amide bonds. The third kappa shape index (κ3) is 4.34. The van der Waals surface area contributed by atoms with E-state index in [1.54, 1.807) is 22.8 Å². The minimum absolute atomic E-state index is 0.221. The van der Waals surface area contributed by atoms with Gasteiger partial charge in [0.15, 0.2) is 0 Å². The Morgan fingerprint density at radius 1 is 1.21 bits per heavy atom. The van der Waals surface area contributed by atoms with Gasteiger partial charge in [0.25, 0.3) is 5.91 Å².